The van der Waals surface area contributed by atoms with Crippen molar-refractivity contribution in [2.24, 2.45) is 0 Å². The van der Waals surface area contributed by atoms with Gasteiger partial charge in [0, 0.05) is 0 Å². The van der Waals surface area contributed by atoms with E-state index >= 15 is 0 Å². The second-order valence-corrected chi connectivity index (χ2v) is 1.59. The zero-order chi connectivity index (χ0) is 6.41. The lowest BCUT2D eigenvalue weighted by molar-refractivity contribution is 0.246. The number of hydrogen-bond donors (Lipinski definition) is 0. The van der Waals surface area contributed by atoms with Crippen LogP contribution in [0.5, 0.6) is 0 Å². The maximum Gasteiger partial charge on any atom is 0.111 e. The highest BCUT2D eigenvalue weighted by Crippen LogP contribution is 1.92. The summed E-state index contributed by atoms with van der Waals surface area (Å²) in [4.78, 5) is 0. The van der Waals surface area contributed by atoms with Gasteiger partial charge in [0.2, 0.25) is 0 Å². The number of halogens is 1. The van der Waals surface area contributed by atoms with Crippen molar-refractivity contribution in [1.82, 2.24) is 0 Å². The van der Waals surface area contributed by atoms with Gasteiger partial charge >= 0.3 is 0 Å². The summed E-state index contributed by atoms with van der Waals surface area (Å²) in [6.07, 6.45) is 1.55. The van der Waals surface area contributed by atoms with Gasteiger partial charge in [-0.3, -0.25) is 0 Å². The SMILES string of the molecule is C=CC(=C)OCCCl. The number of allylic oxidation sites excluding steroid dienone is 1. The maximum absolute atomic E-state index is 5.30. The minimum absolute atomic E-state index is 0.493. The van der Waals surface area contributed by atoms with Gasteiger partial charge in [0.15, 0.2) is 0 Å². The lowest BCUT2D eigenvalue weighted by atomic mass is 10.5. The monoisotopic (exact) mass is 132 g/mol. The fourth-order valence-corrected chi connectivity index (χ4v) is 0.306. The molecule has 0 amide bonds. The number of hydrogen-bond acceptors (Lipinski definition) is 1. The van der Waals surface area contributed by atoms with Crippen molar-refractivity contribution in [2.45, 2.75) is 0 Å². The molecule has 1 nitrogen and oxygen atoms in total. The third-order valence-corrected chi connectivity index (χ3v) is 0.747. The molecule has 0 aromatic carbocycles. The molecule has 0 aromatic heterocycles. The molecule has 46 valence electrons. The van der Waals surface area contributed by atoms with E-state index in [4.69, 9.17) is 16.3 Å². The molecule has 0 spiro atoms. The number of rotatable bonds is 4. The highest BCUT2D eigenvalue weighted by molar-refractivity contribution is 6.17. The molecule has 0 heterocycles. The van der Waals surface area contributed by atoms with Crippen molar-refractivity contribution in [3.8, 4) is 0 Å². The normalized spacial score (nSPS) is 8.12. The van der Waals surface area contributed by atoms with Crippen LogP contribution in [0.4, 0.5) is 0 Å². The van der Waals surface area contributed by atoms with E-state index in [1.807, 2.05) is 0 Å². The van der Waals surface area contributed by atoms with Crippen LogP contribution in [-0.2, 0) is 4.74 Å². The summed E-state index contributed by atoms with van der Waals surface area (Å²) in [6, 6.07) is 0. The van der Waals surface area contributed by atoms with Crippen molar-refractivity contribution in [1.29, 1.82) is 0 Å². The first-order chi connectivity index (χ1) is 3.81. The smallest absolute Gasteiger partial charge is 0.111 e. The molecule has 0 aliphatic rings. The number of ether oxygens (including phenoxy) is 1. The first-order valence-corrected chi connectivity index (χ1v) is 2.85. The predicted molar refractivity (Wildman–Crippen MR) is 36.0 cm³/mol. The van der Waals surface area contributed by atoms with E-state index in [0.717, 1.165) is 0 Å². The Kier molecular flexibility index (Phi) is 4.47. The molecule has 0 fully saturated rings. The Balaban J connectivity index is 3.11. The van der Waals surface area contributed by atoms with E-state index in [0.29, 0.717) is 18.2 Å². The molecule has 0 N–H and O–H groups in total. The highest BCUT2D eigenvalue weighted by Gasteiger charge is 1.83. The van der Waals surface area contributed by atoms with E-state index in [9.17, 15) is 0 Å². The summed E-state index contributed by atoms with van der Waals surface area (Å²) in [7, 11) is 0. The van der Waals surface area contributed by atoms with E-state index in [2.05, 4.69) is 13.2 Å². The largest absolute Gasteiger partial charge is 0.493 e. The van der Waals surface area contributed by atoms with Gasteiger partial charge in [-0.2, -0.15) is 0 Å². The second-order valence-electron chi connectivity index (χ2n) is 1.21. The van der Waals surface area contributed by atoms with Gasteiger partial charge in [0.25, 0.3) is 0 Å². The van der Waals surface area contributed by atoms with Crippen LogP contribution < -0.4 is 0 Å². The van der Waals surface area contributed by atoms with E-state index in [-0.39, 0.29) is 0 Å². The van der Waals surface area contributed by atoms with Crippen LogP contribution in [0.3, 0.4) is 0 Å². The molecule has 0 aliphatic carbocycles. The second kappa shape index (κ2) is 4.72. The summed E-state index contributed by atoms with van der Waals surface area (Å²) in [5, 5.41) is 0. The first kappa shape index (κ1) is 7.57. The molecular formula is C6H9ClO. The highest BCUT2D eigenvalue weighted by atomic mass is 35.5. The minimum Gasteiger partial charge on any atom is -0.493 e. The van der Waals surface area contributed by atoms with Crippen LogP contribution in [0, 0.1) is 0 Å². The average molecular weight is 133 g/mol. The molecule has 0 unspecified atom stereocenters. The summed E-state index contributed by atoms with van der Waals surface area (Å²) in [5.74, 6) is 1.07. The molecule has 0 rings (SSSR count). The van der Waals surface area contributed by atoms with Crippen LogP contribution in [-0.4, -0.2) is 12.5 Å². The topological polar surface area (TPSA) is 9.23 Å². The van der Waals surface area contributed by atoms with Crippen LogP contribution in [0.1, 0.15) is 0 Å². The van der Waals surface area contributed by atoms with E-state index in [1.54, 1.807) is 6.08 Å². The van der Waals surface area contributed by atoms with Gasteiger partial charge in [-0.05, 0) is 6.08 Å². The van der Waals surface area contributed by atoms with Crippen LogP contribution in [0.25, 0.3) is 0 Å². The fraction of sp³-hybridized carbons (Fsp3) is 0.333. The lowest BCUT2D eigenvalue weighted by Crippen LogP contribution is -1.91. The summed E-state index contributed by atoms with van der Waals surface area (Å²) < 4.78 is 4.90. The Morgan fingerprint density at radius 3 is 2.75 bits per heavy atom. The first-order valence-electron chi connectivity index (χ1n) is 2.31. The molecule has 0 atom stereocenters. The lowest BCUT2D eigenvalue weighted by Gasteiger charge is -1.99. The van der Waals surface area contributed by atoms with Crippen molar-refractivity contribution in [2.75, 3.05) is 12.5 Å². The molecule has 0 radical (unpaired) electrons. The van der Waals surface area contributed by atoms with Gasteiger partial charge in [0.1, 0.15) is 12.4 Å². The van der Waals surface area contributed by atoms with Gasteiger partial charge < -0.3 is 4.74 Å². The van der Waals surface area contributed by atoms with Crippen molar-refractivity contribution < 1.29 is 4.74 Å². The quantitative estimate of drug-likeness (QED) is 0.323. The molecule has 0 saturated carbocycles. The van der Waals surface area contributed by atoms with Crippen molar-refractivity contribution in [3.63, 3.8) is 0 Å². The maximum atomic E-state index is 5.30. The van der Waals surface area contributed by atoms with Crippen molar-refractivity contribution >= 4 is 11.6 Å². The standard InChI is InChI=1S/C6H9ClO/c1-3-6(2)8-5-4-7/h3H,1-2,4-5H2. The Morgan fingerprint density at radius 1 is 1.75 bits per heavy atom. The molecule has 2 heteroatoms. The number of alkyl halides is 1. The minimum atomic E-state index is 0.493. The van der Waals surface area contributed by atoms with Gasteiger partial charge in [0.05, 0.1) is 5.88 Å². The zero-order valence-corrected chi connectivity index (χ0v) is 5.45. The summed E-state index contributed by atoms with van der Waals surface area (Å²) in [5.41, 5.74) is 0. The Bertz CT molecular complexity index is 88.5. The Labute approximate surface area is 54.6 Å². The summed E-state index contributed by atoms with van der Waals surface area (Å²) >= 11 is 5.30. The summed E-state index contributed by atoms with van der Waals surface area (Å²) in [6.45, 7) is 7.46. The van der Waals surface area contributed by atoms with Gasteiger partial charge in [-0.25, -0.2) is 0 Å². The Morgan fingerprint density at radius 2 is 2.38 bits per heavy atom. The molecule has 8 heavy (non-hydrogen) atoms. The third kappa shape index (κ3) is 3.75. The van der Waals surface area contributed by atoms with E-state index in [1.165, 1.54) is 0 Å². The average Bonchev–Trinajstić information content (AvgIpc) is 1.83. The molecule has 0 saturated heterocycles. The van der Waals surface area contributed by atoms with Crippen LogP contribution in [0.2, 0.25) is 0 Å². The molecular weight excluding hydrogens is 124 g/mol. The predicted octanol–water partition coefficient (Wildman–Crippen LogP) is 1.94. The fourth-order valence-electron chi connectivity index (χ4n) is 0.229. The van der Waals surface area contributed by atoms with Crippen molar-refractivity contribution in [3.05, 3.63) is 25.0 Å². The van der Waals surface area contributed by atoms with E-state index < -0.39 is 0 Å². The van der Waals surface area contributed by atoms with Crippen LogP contribution >= 0.6 is 11.6 Å². The third-order valence-electron chi connectivity index (χ3n) is 0.592. The zero-order valence-electron chi connectivity index (χ0n) is 4.69. The molecule has 0 aromatic rings. The Hall–Kier alpha value is -0.430. The van der Waals surface area contributed by atoms with Crippen LogP contribution in [0.15, 0.2) is 25.0 Å². The molecule has 0 aliphatic heterocycles. The van der Waals surface area contributed by atoms with Gasteiger partial charge in [-0.1, -0.05) is 13.2 Å². The van der Waals surface area contributed by atoms with Gasteiger partial charge in [-0.15, -0.1) is 11.6 Å². The molecule has 0 bridgehead atoms.